The lowest BCUT2D eigenvalue weighted by Gasteiger charge is -2.41. The zero-order chi connectivity index (χ0) is 11.6. The summed E-state index contributed by atoms with van der Waals surface area (Å²) < 4.78 is 0. The molecule has 16 heavy (non-hydrogen) atoms. The molecule has 0 bridgehead atoms. The number of hydrogen-bond acceptors (Lipinski definition) is 4. The van der Waals surface area contributed by atoms with Crippen LogP contribution in [-0.2, 0) is 0 Å². The molecule has 1 aliphatic rings. The average molecular weight is 240 g/mol. The molecule has 4 heteroatoms. The molecule has 3 nitrogen and oxygen atoms in total. The minimum absolute atomic E-state index is 0.112. The molecular weight excluding hydrogens is 220 g/mol. The van der Waals surface area contributed by atoms with Crippen LogP contribution in [0.15, 0.2) is 11.7 Å². The van der Waals surface area contributed by atoms with Crippen molar-refractivity contribution < 1.29 is 5.11 Å². The second-order valence-corrected chi connectivity index (χ2v) is 5.97. The summed E-state index contributed by atoms with van der Waals surface area (Å²) in [6.45, 7) is 2.85. The minimum Gasteiger partial charge on any atom is -0.387 e. The molecule has 1 aromatic rings. The van der Waals surface area contributed by atoms with Crippen LogP contribution in [0.5, 0.6) is 0 Å². The monoisotopic (exact) mass is 240 g/mol. The number of rotatable bonds is 3. The van der Waals surface area contributed by atoms with Crippen molar-refractivity contribution in [3.05, 3.63) is 16.6 Å². The summed E-state index contributed by atoms with van der Waals surface area (Å²) in [5.74, 6) is 0.772. The lowest BCUT2D eigenvalue weighted by molar-refractivity contribution is -0.00602. The Labute approximate surface area is 101 Å². The molecule has 0 amide bonds. The molecule has 1 aromatic heterocycles. The van der Waals surface area contributed by atoms with Crippen LogP contribution in [0.4, 0.5) is 0 Å². The first-order valence-electron chi connectivity index (χ1n) is 5.94. The fraction of sp³-hybridized carbons (Fsp3) is 0.750. The Hall–Kier alpha value is -0.450. The average Bonchev–Trinajstić information content (AvgIpc) is 2.83. The first-order chi connectivity index (χ1) is 7.68. The SMILES string of the molecule is CC1CCC(CN)(C(O)c2cncs2)CC1. The van der Waals surface area contributed by atoms with E-state index >= 15 is 0 Å². The molecule has 1 aliphatic carbocycles. The summed E-state index contributed by atoms with van der Waals surface area (Å²) in [7, 11) is 0. The smallest absolute Gasteiger partial charge is 0.0966 e. The third-order valence-corrected chi connectivity index (χ3v) is 4.81. The van der Waals surface area contributed by atoms with E-state index in [1.54, 1.807) is 11.7 Å². The molecule has 90 valence electrons. The van der Waals surface area contributed by atoms with Gasteiger partial charge < -0.3 is 10.8 Å². The second kappa shape index (κ2) is 4.82. The number of aromatic nitrogens is 1. The van der Waals surface area contributed by atoms with Gasteiger partial charge in [-0.05, 0) is 18.8 Å². The molecule has 0 saturated heterocycles. The highest BCUT2D eigenvalue weighted by Crippen LogP contribution is 2.47. The quantitative estimate of drug-likeness (QED) is 0.852. The summed E-state index contributed by atoms with van der Waals surface area (Å²) in [6, 6.07) is 0. The van der Waals surface area contributed by atoms with Crippen LogP contribution in [0.1, 0.15) is 43.6 Å². The molecule has 1 heterocycles. The Balaban J connectivity index is 2.15. The molecule has 1 atom stereocenters. The molecule has 1 unspecified atom stereocenters. The predicted octanol–water partition coefficient (Wildman–Crippen LogP) is 2.33. The van der Waals surface area contributed by atoms with E-state index < -0.39 is 6.10 Å². The van der Waals surface area contributed by atoms with E-state index in [9.17, 15) is 5.11 Å². The Morgan fingerprint density at radius 1 is 1.62 bits per heavy atom. The van der Waals surface area contributed by atoms with E-state index in [4.69, 9.17) is 5.73 Å². The largest absolute Gasteiger partial charge is 0.387 e. The van der Waals surface area contributed by atoms with E-state index in [0.29, 0.717) is 6.54 Å². The fourth-order valence-corrected chi connectivity index (χ4v) is 3.33. The molecule has 0 spiro atoms. The van der Waals surface area contributed by atoms with Crippen molar-refractivity contribution in [1.82, 2.24) is 4.98 Å². The Morgan fingerprint density at radius 2 is 2.31 bits per heavy atom. The minimum atomic E-state index is -0.433. The molecular formula is C12H20N2OS. The van der Waals surface area contributed by atoms with Gasteiger partial charge in [0, 0.05) is 18.2 Å². The lowest BCUT2D eigenvalue weighted by atomic mass is 9.67. The van der Waals surface area contributed by atoms with Gasteiger partial charge in [0.2, 0.25) is 0 Å². The van der Waals surface area contributed by atoms with Gasteiger partial charge >= 0.3 is 0 Å². The Bertz CT molecular complexity index is 318. The zero-order valence-corrected chi connectivity index (χ0v) is 10.5. The maximum Gasteiger partial charge on any atom is 0.0966 e. The number of nitrogens with zero attached hydrogens (tertiary/aromatic N) is 1. The first kappa shape index (κ1) is 12.0. The normalized spacial score (nSPS) is 32.6. The number of hydrogen-bond donors (Lipinski definition) is 2. The van der Waals surface area contributed by atoms with Crippen molar-refractivity contribution >= 4 is 11.3 Å². The van der Waals surface area contributed by atoms with Gasteiger partial charge in [-0.1, -0.05) is 19.8 Å². The van der Waals surface area contributed by atoms with Gasteiger partial charge in [0.1, 0.15) is 0 Å². The van der Waals surface area contributed by atoms with Crippen molar-refractivity contribution in [2.45, 2.75) is 38.7 Å². The molecule has 1 fully saturated rings. The maximum atomic E-state index is 10.5. The van der Waals surface area contributed by atoms with Crippen molar-refractivity contribution in [3.8, 4) is 0 Å². The highest BCUT2D eigenvalue weighted by atomic mass is 32.1. The number of nitrogens with two attached hydrogens (primary N) is 1. The van der Waals surface area contributed by atoms with Crippen LogP contribution in [0, 0.1) is 11.3 Å². The van der Waals surface area contributed by atoms with Gasteiger partial charge in [-0.15, -0.1) is 11.3 Å². The number of aliphatic hydroxyl groups excluding tert-OH is 1. The van der Waals surface area contributed by atoms with E-state index in [1.165, 1.54) is 24.2 Å². The highest BCUT2D eigenvalue weighted by Gasteiger charge is 2.40. The van der Waals surface area contributed by atoms with Crippen LogP contribution in [-0.4, -0.2) is 16.6 Å². The van der Waals surface area contributed by atoms with Gasteiger partial charge in [-0.3, -0.25) is 4.98 Å². The van der Waals surface area contributed by atoms with Gasteiger partial charge in [0.05, 0.1) is 16.5 Å². The first-order valence-corrected chi connectivity index (χ1v) is 6.82. The fourth-order valence-electron chi connectivity index (χ4n) is 2.59. The van der Waals surface area contributed by atoms with E-state index in [1.807, 2.05) is 0 Å². The summed E-state index contributed by atoms with van der Waals surface area (Å²) in [6.07, 6.45) is 5.75. The molecule has 3 N–H and O–H groups in total. The molecule has 0 aliphatic heterocycles. The van der Waals surface area contributed by atoms with Gasteiger partial charge in [0.15, 0.2) is 0 Å². The highest BCUT2D eigenvalue weighted by molar-refractivity contribution is 7.09. The molecule has 0 aromatic carbocycles. The standard InChI is InChI=1S/C12H20N2OS/c1-9-2-4-12(7-13,5-3-9)11(15)10-6-14-8-16-10/h6,8-9,11,15H,2-5,7,13H2,1H3. The Morgan fingerprint density at radius 3 is 2.81 bits per heavy atom. The third-order valence-electron chi connectivity index (χ3n) is 3.98. The zero-order valence-electron chi connectivity index (χ0n) is 9.72. The molecule has 2 rings (SSSR count). The van der Waals surface area contributed by atoms with Crippen LogP contribution in [0.3, 0.4) is 0 Å². The summed E-state index contributed by atoms with van der Waals surface area (Å²) in [5, 5.41) is 10.5. The van der Waals surface area contributed by atoms with Crippen molar-refractivity contribution in [2.75, 3.05) is 6.54 Å². The van der Waals surface area contributed by atoms with Crippen molar-refractivity contribution in [2.24, 2.45) is 17.1 Å². The van der Waals surface area contributed by atoms with Crippen LogP contribution in [0.2, 0.25) is 0 Å². The maximum absolute atomic E-state index is 10.5. The summed E-state index contributed by atoms with van der Waals surface area (Å²) >= 11 is 1.52. The van der Waals surface area contributed by atoms with E-state index in [2.05, 4.69) is 11.9 Å². The van der Waals surface area contributed by atoms with Crippen molar-refractivity contribution in [3.63, 3.8) is 0 Å². The third kappa shape index (κ3) is 2.14. The summed E-state index contributed by atoms with van der Waals surface area (Å²) in [4.78, 5) is 4.99. The van der Waals surface area contributed by atoms with Crippen LogP contribution in [0.25, 0.3) is 0 Å². The topological polar surface area (TPSA) is 59.1 Å². The van der Waals surface area contributed by atoms with Crippen LogP contribution < -0.4 is 5.73 Å². The van der Waals surface area contributed by atoms with Crippen LogP contribution >= 0.6 is 11.3 Å². The van der Waals surface area contributed by atoms with Gasteiger partial charge in [-0.25, -0.2) is 0 Å². The van der Waals surface area contributed by atoms with E-state index in [0.717, 1.165) is 23.6 Å². The Kier molecular flexibility index (Phi) is 3.62. The molecule has 1 saturated carbocycles. The van der Waals surface area contributed by atoms with Gasteiger partial charge in [-0.2, -0.15) is 0 Å². The second-order valence-electron chi connectivity index (χ2n) is 5.06. The number of thiazole rings is 1. The van der Waals surface area contributed by atoms with Crippen molar-refractivity contribution in [1.29, 1.82) is 0 Å². The number of aliphatic hydroxyl groups is 1. The van der Waals surface area contributed by atoms with E-state index in [-0.39, 0.29) is 5.41 Å². The summed E-state index contributed by atoms with van der Waals surface area (Å²) in [5.41, 5.74) is 7.57. The predicted molar refractivity (Wildman–Crippen MR) is 66.2 cm³/mol. The lowest BCUT2D eigenvalue weighted by Crippen LogP contribution is -2.39. The van der Waals surface area contributed by atoms with Gasteiger partial charge in [0.25, 0.3) is 0 Å². The molecule has 0 radical (unpaired) electrons.